The lowest BCUT2D eigenvalue weighted by molar-refractivity contribution is 0.285. The van der Waals surface area contributed by atoms with Crippen molar-refractivity contribution in [1.82, 2.24) is 39.9 Å². The summed E-state index contributed by atoms with van der Waals surface area (Å²) >= 11 is 0. The first-order chi connectivity index (χ1) is 51.5. The topological polar surface area (TPSA) is 183 Å². The summed E-state index contributed by atoms with van der Waals surface area (Å²) in [4.78, 5) is 40.9. The normalized spacial score (nSPS) is 11.4. The van der Waals surface area contributed by atoms with Gasteiger partial charge in [0.1, 0.15) is 121 Å². The molecule has 0 spiro atoms. The van der Waals surface area contributed by atoms with Gasteiger partial charge in [0, 0.05) is 43.8 Å². The fourth-order valence-corrected chi connectivity index (χ4v) is 12.8. The van der Waals surface area contributed by atoms with Crippen LogP contribution >= 0.6 is 0 Å². The average molecular weight is 1360 g/mol. The fraction of sp³-hybridized carbons (Fsp3) is 0.0909. The molecule has 17 rings (SSSR count). The lowest BCUT2D eigenvalue weighted by Crippen LogP contribution is -2.05. The SMILES string of the molecule is c1ccc(OCc2cc3c(cc2COc2ccccc2)-c2nc-3nc3[nH]c(nc4nc(nc5[nH]c(n2)c2cc(COc6ccccc6)c(COc6ccccc6)cc52)-c2cc(COc5ccccc5)c(COc5ccccc5)cc2-4)c2cc(COc4ccccc4)c(COc4ccccc4)cc32)cc1. The zero-order valence-corrected chi connectivity index (χ0v) is 56.3. The molecule has 12 aromatic carbocycles. The third-order valence-electron chi connectivity index (χ3n) is 18.2. The van der Waals surface area contributed by atoms with Crippen LogP contribution in [0.3, 0.4) is 0 Å². The Kier molecular flexibility index (Phi) is 18.0. The van der Waals surface area contributed by atoms with Crippen LogP contribution < -0.4 is 37.9 Å². The highest BCUT2D eigenvalue weighted by molar-refractivity contribution is 6.07. The Morgan fingerprint density at radius 1 is 0.183 bits per heavy atom. The number of ether oxygens (including phenoxy) is 8. The molecule has 8 bridgehead atoms. The number of para-hydroxylation sites is 8. The maximum Gasteiger partial charge on any atom is 0.164 e. The van der Waals surface area contributed by atoms with Crippen molar-refractivity contribution in [2.75, 3.05) is 0 Å². The Morgan fingerprint density at radius 2 is 0.337 bits per heavy atom. The number of aromatic nitrogens is 8. The smallest absolute Gasteiger partial charge is 0.164 e. The van der Waals surface area contributed by atoms with Gasteiger partial charge in [-0.3, -0.25) is 0 Å². The predicted octanol–water partition coefficient (Wildman–Crippen LogP) is 19.5. The number of fused-ring (bicyclic) bond motifs is 20. The third-order valence-corrected chi connectivity index (χ3v) is 18.2. The first-order valence-corrected chi connectivity index (χ1v) is 34.4. The minimum atomic E-state index is 0.206. The van der Waals surface area contributed by atoms with Gasteiger partial charge >= 0.3 is 0 Å². The molecule has 15 aromatic rings. The second-order valence-corrected chi connectivity index (χ2v) is 25.1. The van der Waals surface area contributed by atoms with Gasteiger partial charge in [0.2, 0.25) is 0 Å². The molecule has 5 heterocycles. The van der Waals surface area contributed by atoms with E-state index in [9.17, 15) is 0 Å². The Morgan fingerprint density at radius 3 is 0.500 bits per heavy atom. The standard InChI is InChI=1S/C88H66N8O8/c1-9-25-65(26-10-1)97-49-57-41-73-74(42-58(57)50-98-66-27-11-2-12-28-66)82-89-81(73)93-83-75-43-59(51-99-67-29-13-3-14-30-67)60(52-100-68-31-15-4-16-32-68)44-76(75)85(90-83)95-87-79-47-63(55-103-71-37-21-7-22-38-71)64(56-104-72-39-23-8-24-40-72)48-80(79)88(92-87)96-86-78-46-62(54-102-70-35-19-6-20-36-70)61(45-77(78)84(91-86)94-82)53-101-69-33-17-5-18-34-69/h1-48H,49-56H2,(H2,89,90,91,92,93,94,95,96). The van der Waals surface area contributed by atoms with E-state index in [1.54, 1.807) is 0 Å². The highest BCUT2D eigenvalue weighted by atomic mass is 16.5. The van der Waals surface area contributed by atoms with Crippen molar-refractivity contribution >= 4 is 44.1 Å². The molecule has 506 valence electrons. The monoisotopic (exact) mass is 1360 g/mol. The minimum absolute atomic E-state index is 0.206. The molecule has 0 aliphatic carbocycles. The zero-order valence-electron chi connectivity index (χ0n) is 56.3. The van der Waals surface area contributed by atoms with E-state index in [0.717, 1.165) is 66.1 Å². The summed E-state index contributed by atoms with van der Waals surface area (Å²) in [6, 6.07) is 95.1. The quantitative estimate of drug-likeness (QED) is 0.0583. The van der Waals surface area contributed by atoms with Gasteiger partial charge in [-0.15, -0.1) is 0 Å². The fourth-order valence-electron chi connectivity index (χ4n) is 12.8. The Balaban J connectivity index is 0.939. The van der Waals surface area contributed by atoms with E-state index < -0.39 is 0 Å². The number of benzene rings is 12. The Bertz CT molecular complexity index is 5040. The largest absolute Gasteiger partial charge is 0.489 e. The molecule has 2 aliphatic heterocycles. The molecule has 0 saturated carbocycles. The second kappa shape index (κ2) is 29.3. The highest BCUT2D eigenvalue weighted by Crippen LogP contribution is 2.42. The maximum absolute atomic E-state index is 6.59. The zero-order chi connectivity index (χ0) is 69.4. The van der Waals surface area contributed by atoms with Crippen LogP contribution in [0.5, 0.6) is 46.0 Å². The minimum Gasteiger partial charge on any atom is -0.489 e. The molecule has 0 fully saturated rings. The van der Waals surface area contributed by atoms with E-state index in [0.29, 0.717) is 114 Å². The van der Waals surface area contributed by atoms with Crippen molar-refractivity contribution < 1.29 is 37.9 Å². The Labute approximate surface area is 598 Å². The number of hydrogen-bond donors (Lipinski definition) is 2. The van der Waals surface area contributed by atoms with Crippen LogP contribution in [0, 0.1) is 0 Å². The first-order valence-electron chi connectivity index (χ1n) is 34.4. The van der Waals surface area contributed by atoms with E-state index in [2.05, 4.69) is 58.5 Å². The average Bonchev–Trinajstić information content (AvgIpc) is 1.59. The van der Waals surface area contributed by atoms with Gasteiger partial charge in [0.05, 0.1) is 0 Å². The number of hydrogen-bond acceptors (Lipinski definition) is 14. The van der Waals surface area contributed by atoms with Crippen LogP contribution in [0.1, 0.15) is 44.5 Å². The molecule has 0 atom stereocenters. The van der Waals surface area contributed by atoms with E-state index in [1.807, 2.05) is 243 Å². The predicted molar refractivity (Wildman–Crippen MR) is 402 cm³/mol. The maximum atomic E-state index is 6.59. The van der Waals surface area contributed by atoms with Crippen LogP contribution in [0.2, 0.25) is 0 Å². The molecule has 16 heteroatoms. The number of aromatic amines is 2. The van der Waals surface area contributed by atoms with Gasteiger partial charge in [0.15, 0.2) is 23.3 Å². The van der Waals surface area contributed by atoms with Crippen LogP contribution in [0.15, 0.2) is 291 Å². The molecule has 0 saturated heterocycles. The summed E-state index contributed by atoms with van der Waals surface area (Å²) in [6.07, 6.45) is 0. The van der Waals surface area contributed by atoms with Crippen molar-refractivity contribution in [3.8, 4) is 91.5 Å². The molecular formula is C88H66N8O8. The summed E-state index contributed by atoms with van der Waals surface area (Å²) in [5, 5.41) is 2.98. The van der Waals surface area contributed by atoms with Crippen LogP contribution in [-0.4, -0.2) is 39.9 Å². The molecule has 0 radical (unpaired) electrons. The van der Waals surface area contributed by atoms with Crippen LogP contribution in [0.25, 0.3) is 89.7 Å². The van der Waals surface area contributed by atoms with Gasteiger partial charge < -0.3 is 47.9 Å². The molecule has 104 heavy (non-hydrogen) atoms. The summed E-state index contributed by atoms with van der Waals surface area (Å²) in [6.45, 7) is 1.66. The second-order valence-electron chi connectivity index (χ2n) is 25.1. The van der Waals surface area contributed by atoms with Gasteiger partial charge in [-0.2, -0.15) is 0 Å². The van der Waals surface area contributed by atoms with E-state index in [-0.39, 0.29) is 52.9 Å². The number of nitrogens with zero attached hydrogens (tertiary/aromatic N) is 6. The summed E-state index contributed by atoms with van der Waals surface area (Å²) in [7, 11) is 0. The van der Waals surface area contributed by atoms with E-state index in [1.165, 1.54) is 0 Å². The summed E-state index contributed by atoms with van der Waals surface area (Å²) < 4.78 is 52.7. The molecule has 2 aliphatic rings. The van der Waals surface area contributed by atoms with Crippen molar-refractivity contribution in [2.45, 2.75) is 52.9 Å². The van der Waals surface area contributed by atoms with Crippen LogP contribution in [-0.2, 0) is 52.9 Å². The number of nitrogens with one attached hydrogen (secondary N) is 2. The molecular weight excluding hydrogens is 1300 g/mol. The van der Waals surface area contributed by atoms with Crippen molar-refractivity contribution in [3.63, 3.8) is 0 Å². The molecule has 3 aromatic heterocycles. The summed E-state index contributed by atoms with van der Waals surface area (Å²) in [5.74, 6) is 7.29. The van der Waals surface area contributed by atoms with Crippen molar-refractivity contribution in [2.24, 2.45) is 0 Å². The first kappa shape index (κ1) is 63.8. The van der Waals surface area contributed by atoms with Gasteiger partial charge in [-0.25, -0.2) is 29.9 Å². The molecule has 0 unspecified atom stereocenters. The van der Waals surface area contributed by atoms with Gasteiger partial charge in [0.25, 0.3) is 0 Å². The van der Waals surface area contributed by atoms with Gasteiger partial charge in [-0.1, -0.05) is 146 Å². The molecule has 2 N–H and O–H groups in total. The van der Waals surface area contributed by atoms with Crippen molar-refractivity contribution in [3.05, 3.63) is 336 Å². The Hall–Kier alpha value is -13.6. The van der Waals surface area contributed by atoms with Gasteiger partial charge in [-0.05, 0) is 190 Å². The summed E-state index contributed by atoms with van der Waals surface area (Å²) in [5.41, 5.74) is 11.7. The van der Waals surface area contributed by atoms with Crippen molar-refractivity contribution in [1.29, 1.82) is 0 Å². The van der Waals surface area contributed by atoms with Crippen LogP contribution in [0.4, 0.5) is 0 Å². The lowest BCUT2D eigenvalue weighted by atomic mass is 9.99. The van der Waals surface area contributed by atoms with E-state index in [4.69, 9.17) is 67.8 Å². The van der Waals surface area contributed by atoms with E-state index >= 15 is 0 Å². The number of rotatable bonds is 24. The lowest BCUT2D eigenvalue weighted by Gasteiger charge is -2.15. The molecule has 0 amide bonds. The molecule has 16 nitrogen and oxygen atoms in total. The third kappa shape index (κ3) is 14.2. The number of H-pyrrole nitrogens is 2. The highest BCUT2D eigenvalue weighted by Gasteiger charge is 2.28.